The van der Waals surface area contributed by atoms with Crippen molar-refractivity contribution in [3.63, 3.8) is 0 Å². The summed E-state index contributed by atoms with van der Waals surface area (Å²) < 4.78 is 6.56. The number of benzene rings is 1. The highest BCUT2D eigenvalue weighted by Crippen LogP contribution is 2.59. The Balaban J connectivity index is 1.04. The molecule has 1 amide bonds. The smallest absolute Gasteiger partial charge is 0.318 e. The minimum atomic E-state index is 0.0479. The van der Waals surface area contributed by atoms with Crippen LogP contribution in [0.15, 0.2) is 30.9 Å². The SMILES string of the molecule is C=CC(=O)N1CC[C@@H]2[C@H]1CN2c1nc(OCC23CCCN2CCC3)nc2c1CCN(c1cccc3c1C1CC1C3)C2. The molecule has 7 aliphatic rings. The van der Waals surface area contributed by atoms with Gasteiger partial charge in [0, 0.05) is 30.9 Å². The zero-order chi connectivity index (χ0) is 27.3. The third-order valence-electron chi connectivity index (χ3n) is 11.6. The van der Waals surface area contributed by atoms with Gasteiger partial charge in [0.05, 0.1) is 29.9 Å². The number of rotatable bonds is 6. The van der Waals surface area contributed by atoms with Crippen LogP contribution in [0.1, 0.15) is 66.8 Å². The number of aromatic nitrogens is 2. The van der Waals surface area contributed by atoms with Gasteiger partial charge in [0.25, 0.3) is 0 Å². The molecule has 8 heteroatoms. The number of hydrogen-bond donors (Lipinski definition) is 0. The second-order valence-corrected chi connectivity index (χ2v) is 13.6. The molecule has 1 aromatic heterocycles. The van der Waals surface area contributed by atoms with Crippen molar-refractivity contribution in [1.29, 1.82) is 0 Å². The monoisotopic (exact) mass is 552 g/mol. The Morgan fingerprint density at radius 1 is 1.12 bits per heavy atom. The molecule has 2 aliphatic carbocycles. The third kappa shape index (κ3) is 3.65. The first-order valence-electron chi connectivity index (χ1n) is 16.0. The van der Waals surface area contributed by atoms with Crippen molar-refractivity contribution < 1.29 is 9.53 Å². The average molecular weight is 553 g/mol. The number of fused-ring (bicyclic) bond motifs is 6. The molecule has 0 N–H and O–H groups in total. The van der Waals surface area contributed by atoms with Gasteiger partial charge in [-0.2, -0.15) is 9.97 Å². The number of carbonyl (C=O) groups is 1. The van der Waals surface area contributed by atoms with E-state index in [4.69, 9.17) is 14.7 Å². The fourth-order valence-corrected chi connectivity index (χ4v) is 9.40. The van der Waals surface area contributed by atoms with Crippen LogP contribution in [0, 0.1) is 5.92 Å². The van der Waals surface area contributed by atoms with Crippen molar-refractivity contribution in [3.05, 3.63) is 53.2 Å². The van der Waals surface area contributed by atoms with E-state index >= 15 is 0 Å². The lowest BCUT2D eigenvalue weighted by Crippen LogP contribution is -2.63. The van der Waals surface area contributed by atoms with Gasteiger partial charge in [-0.3, -0.25) is 9.69 Å². The summed E-state index contributed by atoms with van der Waals surface area (Å²) in [5.74, 6) is 2.74. The van der Waals surface area contributed by atoms with Crippen molar-refractivity contribution in [1.82, 2.24) is 19.8 Å². The zero-order valence-corrected chi connectivity index (χ0v) is 23.9. The Hall–Kier alpha value is -3.13. The molecule has 4 atom stereocenters. The average Bonchev–Trinajstić information content (AvgIpc) is 3.28. The maximum absolute atomic E-state index is 12.4. The number of likely N-dealkylation sites (tertiary alicyclic amines) is 1. The molecule has 9 rings (SSSR count). The minimum Gasteiger partial charge on any atom is -0.461 e. The van der Waals surface area contributed by atoms with Crippen LogP contribution in [0.2, 0.25) is 0 Å². The van der Waals surface area contributed by atoms with Gasteiger partial charge < -0.3 is 19.4 Å². The van der Waals surface area contributed by atoms with E-state index in [0.29, 0.717) is 18.7 Å². The van der Waals surface area contributed by atoms with Gasteiger partial charge in [-0.1, -0.05) is 18.7 Å². The van der Waals surface area contributed by atoms with Crippen molar-refractivity contribution in [2.75, 3.05) is 49.1 Å². The van der Waals surface area contributed by atoms with Crippen LogP contribution < -0.4 is 14.5 Å². The second-order valence-electron chi connectivity index (χ2n) is 13.6. The Kier molecular flexibility index (Phi) is 5.33. The maximum Gasteiger partial charge on any atom is 0.318 e. The van der Waals surface area contributed by atoms with Gasteiger partial charge in [0.2, 0.25) is 5.91 Å². The molecule has 1 aromatic carbocycles. The number of amides is 1. The van der Waals surface area contributed by atoms with E-state index in [-0.39, 0.29) is 17.5 Å². The highest BCUT2D eigenvalue weighted by Gasteiger charge is 2.51. The third-order valence-corrected chi connectivity index (χ3v) is 11.6. The highest BCUT2D eigenvalue weighted by molar-refractivity contribution is 5.88. The number of nitrogens with zero attached hydrogens (tertiary/aromatic N) is 6. The van der Waals surface area contributed by atoms with Crippen LogP contribution >= 0.6 is 0 Å². The van der Waals surface area contributed by atoms with E-state index in [9.17, 15) is 4.79 Å². The summed E-state index contributed by atoms with van der Waals surface area (Å²) in [6.07, 6.45) is 10.9. The van der Waals surface area contributed by atoms with Crippen LogP contribution in [0.5, 0.6) is 6.01 Å². The molecule has 0 bridgehead atoms. The van der Waals surface area contributed by atoms with Crippen molar-refractivity contribution in [2.45, 2.75) is 81.5 Å². The number of hydrogen-bond acceptors (Lipinski definition) is 7. The zero-order valence-electron chi connectivity index (χ0n) is 23.9. The number of anilines is 2. The largest absolute Gasteiger partial charge is 0.461 e. The summed E-state index contributed by atoms with van der Waals surface area (Å²) in [6, 6.07) is 8.02. The van der Waals surface area contributed by atoms with Gasteiger partial charge >= 0.3 is 6.01 Å². The maximum atomic E-state index is 12.4. The van der Waals surface area contributed by atoms with E-state index in [1.807, 2.05) is 4.90 Å². The van der Waals surface area contributed by atoms with Crippen molar-refractivity contribution >= 4 is 17.4 Å². The Bertz CT molecular complexity index is 1430. The van der Waals surface area contributed by atoms with E-state index in [2.05, 4.69) is 39.5 Å². The van der Waals surface area contributed by atoms with Gasteiger partial charge in [-0.15, -0.1) is 0 Å². The summed E-state index contributed by atoms with van der Waals surface area (Å²) >= 11 is 0. The van der Waals surface area contributed by atoms with Crippen LogP contribution in [0.25, 0.3) is 0 Å². The molecule has 214 valence electrons. The van der Waals surface area contributed by atoms with E-state index in [0.717, 1.165) is 62.4 Å². The molecule has 2 aromatic rings. The molecule has 6 heterocycles. The van der Waals surface area contributed by atoms with Crippen LogP contribution in [0.4, 0.5) is 11.5 Å². The molecule has 1 saturated carbocycles. The molecule has 5 fully saturated rings. The molecule has 0 spiro atoms. The van der Waals surface area contributed by atoms with E-state index in [1.54, 1.807) is 11.1 Å². The number of ether oxygens (including phenoxy) is 1. The molecule has 8 nitrogen and oxygen atoms in total. The highest BCUT2D eigenvalue weighted by atomic mass is 16.5. The second kappa shape index (κ2) is 8.93. The predicted molar refractivity (Wildman–Crippen MR) is 157 cm³/mol. The van der Waals surface area contributed by atoms with Crippen molar-refractivity contribution in [2.24, 2.45) is 5.92 Å². The predicted octanol–water partition coefficient (Wildman–Crippen LogP) is 3.68. The lowest BCUT2D eigenvalue weighted by Gasteiger charge is -2.48. The normalized spacial score (nSPS) is 30.3. The van der Waals surface area contributed by atoms with Gasteiger partial charge in [0.15, 0.2) is 0 Å². The van der Waals surface area contributed by atoms with E-state index < -0.39 is 0 Å². The Morgan fingerprint density at radius 2 is 2.00 bits per heavy atom. The van der Waals surface area contributed by atoms with Crippen LogP contribution in [-0.4, -0.2) is 82.6 Å². The van der Waals surface area contributed by atoms with Crippen LogP contribution in [-0.2, 0) is 24.2 Å². The summed E-state index contributed by atoms with van der Waals surface area (Å²) in [4.78, 5) is 32.4. The van der Waals surface area contributed by atoms with Gasteiger partial charge in [-0.05, 0) is 99.6 Å². The molecular weight excluding hydrogens is 512 g/mol. The molecule has 0 radical (unpaired) electrons. The minimum absolute atomic E-state index is 0.0479. The molecule has 41 heavy (non-hydrogen) atoms. The van der Waals surface area contributed by atoms with Gasteiger partial charge in [-0.25, -0.2) is 0 Å². The summed E-state index contributed by atoms with van der Waals surface area (Å²) in [6.45, 7) is 10.2. The summed E-state index contributed by atoms with van der Waals surface area (Å²) in [7, 11) is 0. The summed E-state index contributed by atoms with van der Waals surface area (Å²) in [5.41, 5.74) is 7.15. The first-order valence-corrected chi connectivity index (χ1v) is 16.0. The fourth-order valence-electron chi connectivity index (χ4n) is 9.40. The topological polar surface area (TPSA) is 65.0 Å². The first kappa shape index (κ1) is 24.5. The lowest BCUT2D eigenvalue weighted by atomic mass is 9.94. The molecule has 5 aliphatic heterocycles. The molecular formula is C33H40N6O2. The van der Waals surface area contributed by atoms with Gasteiger partial charge in [0.1, 0.15) is 12.4 Å². The molecule has 4 saturated heterocycles. The summed E-state index contributed by atoms with van der Waals surface area (Å²) in [5, 5.41) is 0. The van der Waals surface area contributed by atoms with E-state index in [1.165, 1.54) is 68.9 Å². The Morgan fingerprint density at radius 3 is 2.85 bits per heavy atom. The lowest BCUT2D eigenvalue weighted by molar-refractivity contribution is -0.127. The van der Waals surface area contributed by atoms with Crippen molar-refractivity contribution in [3.8, 4) is 6.01 Å². The fraction of sp³-hybridized carbons (Fsp3) is 0.606. The molecule has 2 unspecified atom stereocenters. The Labute approximate surface area is 242 Å². The quantitative estimate of drug-likeness (QED) is 0.507. The first-order chi connectivity index (χ1) is 20.1. The standard InChI is InChI=1S/C33H40N6O2/c1-2-29(40)38-15-9-26-28(38)19-39(26)31-23-8-14-36(27-7-3-6-21-16-22-17-24(22)30(21)27)18-25(23)34-32(35-31)41-20-33-10-4-12-37(33)13-5-11-33/h2-3,6-7,22,24,26,28H,1,4-5,8-20H2/t22?,24?,26-,28-/m1/s1. The number of carbonyl (C=O) groups excluding carboxylic acids is 1. The van der Waals surface area contributed by atoms with Crippen LogP contribution in [0.3, 0.4) is 0 Å².